The fourth-order valence-electron chi connectivity index (χ4n) is 1.89. The van der Waals surface area contributed by atoms with Crippen LogP contribution in [-0.2, 0) is 10.1 Å². The molecular formula is C11H8N2O3S. The van der Waals surface area contributed by atoms with Crippen LogP contribution in [-0.4, -0.2) is 18.1 Å². The second kappa shape index (κ2) is 3.28. The molecule has 0 saturated carbocycles. The van der Waals surface area contributed by atoms with Crippen LogP contribution in [0.2, 0.25) is 0 Å². The Morgan fingerprint density at radius 1 is 1.12 bits per heavy atom. The summed E-state index contributed by atoms with van der Waals surface area (Å²) in [6.45, 7) is 0. The SMILES string of the molecule is O=S(=O)(O)C1=Nc2cccc3cccc(c23)N1. The van der Waals surface area contributed by atoms with Gasteiger partial charge in [-0.05, 0) is 17.5 Å². The number of benzene rings is 2. The van der Waals surface area contributed by atoms with Gasteiger partial charge in [-0.1, -0.05) is 24.3 Å². The van der Waals surface area contributed by atoms with Gasteiger partial charge in [0.15, 0.2) is 0 Å². The molecule has 0 radical (unpaired) electrons. The van der Waals surface area contributed by atoms with Crippen molar-refractivity contribution >= 4 is 37.4 Å². The van der Waals surface area contributed by atoms with E-state index in [0.717, 1.165) is 10.8 Å². The van der Waals surface area contributed by atoms with E-state index in [-0.39, 0.29) is 0 Å². The van der Waals surface area contributed by atoms with Gasteiger partial charge < -0.3 is 5.32 Å². The van der Waals surface area contributed by atoms with E-state index in [1.807, 2.05) is 12.1 Å². The predicted octanol–water partition coefficient (Wildman–Crippen LogP) is 2.14. The third kappa shape index (κ3) is 1.58. The first-order valence-electron chi connectivity index (χ1n) is 4.91. The summed E-state index contributed by atoms with van der Waals surface area (Å²) in [5, 5.41) is 3.99. The van der Waals surface area contributed by atoms with E-state index in [2.05, 4.69) is 10.3 Å². The first-order chi connectivity index (χ1) is 8.05. The molecule has 2 N–H and O–H groups in total. The molecular weight excluding hydrogens is 240 g/mol. The highest BCUT2D eigenvalue weighted by Crippen LogP contribution is 2.35. The van der Waals surface area contributed by atoms with E-state index in [0.29, 0.717) is 11.4 Å². The molecule has 86 valence electrons. The van der Waals surface area contributed by atoms with Crippen LogP contribution < -0.4 is 5.32 Å². The standard InChI is InChI=1S/C11H8N2O3S/c14-17(15,16)11-12-8-5-1-3-7-4-2-6-9(13-11)10(7)8/h1-6H,(H,12,13)(H,14,15,16). The third-order valence-corrected chi connectivity index (χ3v) is 3.27. The number of hydrogen-bond donors (Lipinski definition) is 2. The molecule has 0 saturated heterocycles. The van der Waals surface area contributed by atoms with E-state index >= 15 is 0 Å². The van der Waals surface area contributed by atoms with Crippen molar-refractivity contribution in [2.45, 2.75) is 0 Å². The minimum Gasteiger partial charge on any atom is -0.328 e. The highest BCUT2D eigenvalue weighted by atomic mass is 32.2. The Hall–Kier alpha value is -1.92. The maximum atomic E-state index is 11.1. The second-order valence-electron chi connectivity index (χ2n) is 3.70. The molecule has 0 aliphatic carbocycles. The number of nitrogens with zero attached hydrogens (tertiary/aromatic N) is 1. The molecule has 1 aliphatic rings. The molecule has 3 rings (SSSR count). The molecule has 2 aromatic rings. The van der Waals surface area contributed by atoms with Crippen LogP contribution in [0.5, 0.6) is 0 Å². The minimum absolute atomic E-state index is 0.441. The molecule has 5 nitrogen and oxygen atoms in total. The van der Waals surface area contributed by atoms with Crippen molar-refractivity contribution < 1.29 is 13.0 Å². The van der Waals surface area contributed by atoms with Crippen LogP contribution in [0, 0.1) is 0 Å². The number of aliphatic imine (C=N–C) groups is 1. The van der Waals surface area contributed by atoms with Crippen molar-refractivity contribution in [3.05, 3.63) is 36.4 Å². The lowest BCUT2D eigenvalue weighted by Crippen LogP contribution is -2.24. The Morgan fingerprint density at radius 2 is 1.82 bits per heavy atom. The summed E-state index contributed by atoms with van der Waals surface area (Å²) in [7, 11) is -4.33. The van der Waals surface area contributed by atoms with Gasteiger partial charge in [0, 0.05) is 5.39 Å². The topological polar surface area (TPSA) is 78.8 Å². The van der Waals surface area contributed by atoms with E-state index in [1.165, 1.54) is 0 Å². The van der Waals surface area contributed by atoms with Gasteiger partial charge in [-0.2, -0.15) is 8.42 Å². The van der Waals surface area contributed by atoms with Crippen molar-refractivity contribution in [3.8, 4) is 0 Å². The first kappa shape index (κ1) is 10.2. The summed E-state index contributed by atoms with van der Waals surface area (Å²) in [5.41, 5.74) is 1.16. The van der Waals surface area contributed by atoms with Crippen LogP contribution in [0.3, 0.4) is 0 Å². The minimum atomic E-state index is -4.33. The first-order valence-corrected chi connectivity index (χ1v) is 6.35. The highest BCUT2D eigenvalue weighted by molar-refractivity contribution is 8.01. The van der Waals surface area contributed by atoms with Crippen molar-refractivity contribution in [1.29, 1.82) is 0 Å². The predicted molar refractivity (Wildman–Crippen MR) is 66.2 cm³/mol. The Bertz CT molecular complexity index is 745. The molecule has 0 bridgehead atoms. The van der Waals surface area contributed by atoms with Crippen molar-refractivity contribution in [1.82, 2.24) is 0 Å². The third-order valence-electron chi connectivity index (χ3n) is 2.59. The maximum absolute atomic E-state index is 11.1. The molecule has 0 unspecified atom stereocenters. The van der Waals surface area contributed by atoms with E-state index in [1.54, 1.807) is 24.3 Å². The van der Waals surface area contributed by atoms with Gasteiger partial charge in [0.1, 0.15) is 0 Å². The van der Waals surface area contributed by atoms with Crippen LogP contribution in [0.4, 0.5) is 11.4 Å². The zero-order chi connectivity index (χ0) is 12.0. The van der Waals surface area contributed by atoms with E-state index in [9.17, 15) is 8.42 Å². The van der Waals surface area contributed by atoms with Gasteiger partial charge in [0.2, 0.25) is 0 Å². The molecule has 1 aliphatic heterocycles. The number of hydrogen-bond acceptors (Lipinski definition) is 4. The second-order valence-corrected chi connectivity index (χ2v) is 5.03. The van der Waals surface area contributed by atoms with E-state index in [4.69, 9.17) is 4.55 Å². The quantitative estimate of drug-likeness (QED) is 0.700. The van der Waals surface area contributed by atoms with E-state index < -0.39 is 15.3 Å². The van der Waals surface area contributed by atoms with Crippen molar-refractivity contribution in [3.63, 3.8) is 0 Å². The fraction of sp³-hybridized carbons (Fsp3) is 0. The Balaban J connectivity index is 2.37. The van der Waals surface area contributed by atoms with Crippen LogP contribution in [0.15, 0.2) is 41.4 Å². The van der Waals surface area contributed by atoms with Gasteiger partial charge >= 0.3 is 10.1 Å². The number of amidine groups is 1. The average molecular weight is 248 g/mol. The summed E-state index contributed by atoms with van der Waals surface area (Å²) >= 11 is 0. The number of rotatable bonds is 0. The molecule has 0 amide bonds. The average Bonchev–Trinajstić information content (AvgIpc) is 2.28. The highest BCUT2D eigenvalue weighted by Gasteiger charge is 2.22. The monoisotopic (exact) mass is 248 g/mol. The van der Waals surface area contributed by atoms with Gasteiger partial charge in [-0.3, -0.25) is 4.55 Å². The summed E-state index contributed by atoms with van der Waals surface area (Å²) < 4.78 is 31.2. The lowest BCUT2D eigenvalue weighted by atomic mass is 10.1. The molecule has 1 heterocycles. The molecule has 17 heavy (non-hydrogen) atoms. The Kier molecular flexibility index (Phi) is 1.98. The molecule has 0 atom stereocenters. The number of anilines is 1. The Morgan fingerprint density at radius 3 is 2.53 bits per heavy atom. The summed E-state index contributed by atoms with van der Waals surface area (Å²) in [5.74, 6) is 0. The van der Waals surface area contributed by atoms with Crippen LogP contribution >= 0.6 is 0 Å². The Labute approximate surface area is 97.5 Å². The molecule has 0 spiro atoms. The number of nitrogens with one attached hydrogen (secondary N) is 1. The maximum Gasteiger partial charge on any atom is 0.328 e. The zero-order valence-electron chi connectivity index (χ0n) is 8.58. The molecule has 0 aromatic heterocycles. The van der Waals surface area contributed by atoms with Gasteiger partial charge in [0.05, 0.1) is 11.4 Å². The van der Waals surface area contributed by atoms with Crippen molar-refractivity contribution in [2.75, 3.05) is 5.32 Å². The summed E-state index contributed by atoms with van der Waals surface area (Å²) in [6.07, 6.45) is 0. The lowest BCUT2D eigenvalue weighted by molar-refractivity contribution is 0.498. The fourth-order valence-corrected chi connectivity index (χ4v) is 2.35. The van der Waals surface area contributed by atoms with Gasteiger partial charge in [-0.25, -0.2) is 4.99 Å². The largest absolute Gasteiger partial charge is 0.328 e. The molecule has 6 heteroatoms. The summed E-state index contributed by atoms with van der Waals surface area (Å²) in [4.78, 5) is 3.90. The van der Waals surface area contributed by atoms with Crippen LogP contribution in [0.25, 0.3) is 10.8 Å². The molecule has 0 fully saturated rings. The zero-order valence-corrected chi connectivity index (χ0v) is 9.40. The smallest absolute Gasteiger partial charge is 0.328 e. The van der Waals surface area contributed by atoms with Gasteiger partial charge in [-0.15, -0.1) is 0 Å². The lowest BCUT2D eigenvalue weighted by Gasteiger charge is -2.16. The van der Waals surface area contributed by atoms with Crippen LogP contribution in [0.1, 0.15) is 0 Å². The van der Waals surface area contributed by atoms with Gasteiger partial charge in [0.25, 0.3) is 5.17 Å². The normalized spacial score (nSPS) is 14.3. The molecule has 2 aromatic carbocycles. The summed E-state index contributed by atoms with van der Waals surface area (Å²) in [6, 6.07) is 10.9. The van der Waals surface area contributed by atoms with Crippen molar-refractivity contribution in [2.24, 2.45) is 4.99 Å².